The molecule has 0 radical (unpaired) electrons. The number of rotatable bonds is 7. The zero-order valence-corrected chi connectivity index (χ0v) is 20.3. The molecule has 3 aromatic rings. The van der Waals surface area contributed by atoms with Gasteiger partial charge in [-0.15, -0.1) is 0 Å². The summed E-state index contributed by atoms with van der Waals surface area (Å²) < 4.78 is 57.4. The molecule has 5 rings (SSSR count). The number of aromatic nitrogens is 1. The molecule has 1 fully saturated rings. The van der Waals surface area contributed by atoms with Crippen molar-refractivity contribution < 1.29 is 31.9 Å². The van der Waals surface area contributed by atoms with E-state index in [-0.39, 0.29) is 42.9 Å². The van der Waals surface area contributed by atoms with Crippen LogP contribution in [0.1, 0.15) is 33.1 Å². The summed E-state index contributed by atoms with van der Waals surface area (Å²) in [5.74, 6) is 1.25. The van der Waals surface area contributed by atoms with Crippen molar-refractivity contribution in [2.75, 3.05) is 40.0 Å². The van der Waals surface area contributed by atoms with Crippen molar-refractivity contribution in [2.24, 2.45) is 0 Å². The largest absolute Gasteiger partial charge is 0.454 e. The van der Waals surface area contributed by atoms with Crippen molar-refractivity contribution in [1.82, 2.24) is 19.7 Å². The Labute approximate surface area is 212 Å². The molecule has 1 saturated heterocycles. The molecule has 2 aromatic carbocycles. The van der Waals surface area contributed by atoms with Gasteiger partial charge in [-0.1, -0.05) is 24.3 Å². The topological polar surface area (TPSA) is 71.3 Å². The van der Waals surface area contributed by atoms with Gasteiger partial charge >= 0.3 is 6.18 Å². The minimum absolute atomic E-state index is 0.00571. The number of amides is 1. The molecule has 2 aliphatic heterocycles. The minimum Gasteiger partial charge on any atom is -0.454 e. The Morgan fingerprint density at radius 1 is 1.00 bits per heavy atom. The normalized spacial score (nSPS) is 16.0. The maximum Gasteiger partial charge on any atom is 0.416 e. The summed E-state index contributed by atoms with van der Waals surface area (Å²) in [6.45, 7) is 3.28. The molecule has 0 bridgehead atoms. The van der Waals surface area contributed by atoms with Crippen LogP contribution in [0.15, 0.2) is 53.1 Å². The Bertz CT molecular complexity index is 1250. The zero-order chi connectivity index (χ0) is 26.0. The first-order valence-corrected chi connectivity index (χ1v) is 11.9. The predicted molar refractivity (Wildman–Crippen MR) is 127 cm³/mol. The predicted octanol–water partition coefficient (Wildman–Crippen LogP) is 4.01. The molecular weight excluding hydrogens is 489 g/mol. The second-order valence-corrected chi connectivity index (χ2v) is 9.21. The van der Waals surface area contributed by atoms with Crippen LogP contribution < -0.4 is 9.47 Å². The number of alkyl halides is 3. The lowest BCUT2D eigenvalue weighted by Crippen LogP contribution is -2.47. The molecule has 0 aliphatic carbocycles. The molecule has 0 unspecified atom stereocenters. The zero-order valence-electron chi connectivity index (χ0n) is 20.3. The van der Waals surface area contributed by atoms with Crippen LogP contribution in [0.5, 0.6) is 11.5 Å². The SMILES string of the molecule is CN1CCN(C(=O)c2coc(CN(Cc3ccc4c(c3)OCO4)Cc3ccccc3C(F)(F)F)n2)CC1. The van der Waals surface area contributed by atoms with E-state index in [9.17, 15) is 18.0 Å². The number of likely N-dealkylation sites (N-methyl/N-ethyl adjacent to an activating group) is 1. The van der Waals surface area contributed by atoms with Gasteiger partial charge in [-0.2, -0.15) is 13.2 Å². The molecule has 1 aromatic heterocycles. The fourth-order valence-electron chi connectivity index (χ4n) is 4.49. The van der Waals surface area contributed by atoms with Gasteiger partial charge in [0.05, 0.1) is 12.1 Å². The number of ether oxygens (including phenoxy) is 2. The summed E-state index contributed by atoms with van der Waals surface area (Å²) in [7, 11) is 2.00. The van der Waals surface area contributed by atoms with Gasteiger partial charge < -0.3 is 23.7 Å². The highest BCUT2D eigenvalue weighted by molar-refractivity contribution is 5.92. The highest BCUT2D eigenvalue weighted by Gasteiger charge is 2.33. The summed E-state index contributed by atoms with van der Waals surface area (Å²) in [6.07, 6.45) is -3.16. The number of fused-ring (bicyclic) bond motifs is 1. The Morgan fingerprint density at radius 3 is 2.54 bits per heavy atom. The lowest BCUT2D eigenvalue weighted by molar-refractivity contribution is -0.138. The molecule has 8 nitrogen and oxygen atoms in total. The third-order valence-corrected chi connectivity index (χ3v) is 6.48. The van der Waals surface area contributed by atoms with E-state index in [2.05, 4.69) is 9.88 Å². The molecule has 0 atom stereocenters. The summed E-state index contributed by atoms with van der Waals surface area (Å²) in [5.41, 5.74) is 0.465. The van der Waals surface area contributed by atoms with E-state index in [1.54, 1.807) is 21.9 Å². The minimum atomic E-state index is -4.48. The highest BCUT2D eigenvalue weighted by atomic mass is 19.4. The Balaban J connectivity index is 1.36. The molecule has 11 heteroatoms. The van der Waals surface area contributed by atoms with E-state index in [0.29, 0.717) is 31.1 Å². The lowest BCUT2D eigenvalue weighted by atomic mass is 10.1. The van der Waals surface area contributed by atoms with Crippen molar-refractivity contribution in [3.05, 3.63) is 77.0 Å². The van der Waals surface area contributed by atoms with Gasteiger partial charge in [-0.05, 0) is 36.4 Å². The third-order valence-electron chi connectivity index (χ3n) is 6.48. The van der Waals surface area contributed by atoms with Crippen LogP contribution in [0.4, 0.5) is 13.2 Å². The van der Waals surface area contributed by atoms with E-state index in [4.69, 9.17) is 13.9 Å². The molecule has 0 spiro atoms. The smallest absolute Gasteiger partial charge is 0.416 e. The van der Waals surface area contributed by atoms with Gasteiger partial charge in [0.2, 0.25) is 12.7 Å². The van der Waals surface area contributed by atoms with Crippen LogP contribution in [0.25, 0.3) is 0 Å². The number of hydrogen-bond acceptors (Lipinski definition) is 7. The quantitative estimate of drug-likeness (QED) is 0.470. The Kier molecular flexibility index (Phi) is 7.07. The maximum absolute atomic E-state index is 13.7. The van der Waals surface area contributed by atoms with Crippen LogP contribution in [-0.2, 0) is 25.8 Å². The number of nitrogens with zero attached hydrogens (tertiary/aromatic N) is 4. The first kappa shape index (κ1) is 25.1. The number of carbonyl (C=O) groups is 1. The Hall–Kier alpha value is -3.57. The van der Waals surface area contributed by atoms with Gasteiger partial charge in [-0.3, -0.25) is 9.69 Å². The molecule has 0 N–H and O–H groups in total. The maximum atomic E-state index is 13.7. The number of hydrogen-bond donors (Lipinski definition) is 0. The van der Waals surface area contributed by atoms with E-state index < -0.39 is 11.7 Å². The number of carbonyl (C=O) groups excluding carboxylic acids is 1. The van der Waals surface area contributed by atoms with Gasteiger partial charge in [0.25, 0.3) is 5.91 Å². The van der Waals surface area contributed by atoms with E-state index in [0.717, 1.165) is 24.7 Å². The molecule has 3 heterocycles. The lowest BCUT2D eigenvalue weighted by Gasteiger charge is -2.31. The fraction of sp³-hybridized carbons (Fsp3) is 0.385. The average Bonchev–Trinajstić information content (AvgIpc) is 3.53. The van der Waals surface area contributed by atoms with E-state index in [1.807, 2.05) is 19.2 Å². The standard InChI is InChI=1S/C26H27F3N4O4/c1-31-8-10-33(11-9-31)25(34)21-16-35-24(30-21)15-32(13-18-6-7-22-23(12-18)37-17-36-22)14-19-4-2-3-5-20(19)26(27,28)29/h2-7,12,16H,8-11,13-15,17H2,1H3. The van der Waals surface area contributed by atoms with Crippen LogP contribution in [0.3, 0.4) is 0 Å². The van der Waals surface area contributed by atoms with E-state index >= 15 is 0 Å². The first-order chi connectivity index (χ1) is 17.8. The van der Waals surface area contributed by atoms with Gasteiger partial charge in [0, 0.05) is 39.3 Å². The highest BCUT2D eigenvalue weighted by Crippen LogP contribution is 2.34. The Morgan fingerprint density at radius 2 is 1.76 bits per heavy atom. The number of halogens is 3. The van der Waals surface area contributed by atoms with Crippen LogP contribution in [0.2, 0.25) is 0 Å². The van der Waals surface area contributed by atoms with Crippen molar-refractivity contribution in [3.63, 3.8) is 0 Å². The van der Waals surface area contributed by atoms with Crippen LogP contribution in [0, 0.1) is 0 Å². The molecule has 2 aliphatic rings. The fourth-order valence-corrected chi connectivity index (χ4v) is 4.49. The third kappa shape index (κ3) is 5.89. The molecule has 37 heavy (non-hydrogen) atoms. The van der Waals surface area contributed by atoms with Gasteiger partial charge in [-0.25, -0.2) is 4.98 Å². The molecule has 0 saturated carbocycles. The second kappa shape index (κ2) is 10.4. The number of piperazine rings is 1. The summed E-state index contributed by atoms with van der Waals surface area (Å²) in [5, 5.41) is 0. The molecular formula is C26H27F3N4O4. The van der Waals surface area contributed by atoms with Crippen LogP contribution >= 0.6 is 0 Å². The first-order valence-electron chi connectivity index (χ1n) is 11.9. The van der Waals surface area contributed by atoms with Crippen molar-refractivity contribution in [2.45, 2.75) is 25.8 Å². The number of benzene rings is 2. The molecule has 196 valence electrons. The van der Waals surface area contributed by atoms with Crippen molar-refractivity contribution in [1.29, 1.82) is 0 Å². The van der Waals surface area contributed by atoms with E-state index in [1.165, 1.54) is 18.4 Å². The van der Waals surface area contributed by atoms with Crippen molar-refractivity contribution >= 4 is 5.91 Å². The second-order valence-electron chi connectivity index (χ2n) is 9.21. The average molecular weight is 517 g/mol. The van der Waals surface area contributed by atoms with Crippen molar-refractivity contribution in [3.8, 4) is 11.5 Å². The van der Waals surface area contributed by atoms with Gasteiger partial charge in [0.15, 0.2) is 17.2 Å². The summed E-state index contributed by atoms with van der Waals surface area (Å²) in [4.78, 5) is 22.9. The number of oxazole rings is 1. The summed E-state index contributed by atoms with van der Waals surface area (Å²) in [6, 6.07) is 10.9. The molecule has 1 amide bonds. The van der Waals surface area contributed by atoms with Gasteiger partial charge in [0.1, 0.15) is 6.26 Å². The monoisotopic (exact) mass is 516 g/mol. The van der Waals surface area contributed by atoms with Crippen LogP contribution in [-0.4, -0.2) is 65.6 Å². The summed E-state index contributed by atoms with van der Waals surface area (Å²) >= 11 is 0.